The SMILES string of the molecule is CCC(CC)C(N)c1c(C)nc2c(Cl)cc(C(F)(F)F)cn12. The van der Waals surface area contributed by atoms with Crippen LogP contribution in [0.3, 0.4) is 0 Å². The van der Waals surface area contributed by atoms with E-state index >= 15 is 0 Å². The van der Waals surface area contributed by atoms with E-state index in [1.165, 1.54) is 4.40 Å². The molecule has 2 N–H and O–H groups in total. The van der Waals surface area contributed by atoms with Gasteiger partial charge in [0.1, 0.15) is 0 Å². The third kappa shape index (κ3) is 2.94. The van der Waals surface area contributed by atoms with Gasteiger partial charge in [-0.05, 0) is 18.9 Å². The summed E-state index contributed by atoms with van der Waals surface area (Å²) in [5.41, 5.74) is 7.01. The van der Waals surface area contributed by atoms with Crippen LogP contribution in [0.15, 0.2) is 12.3 Å². The van der Waals surface area contributed by atoms with Crippen molar-refractivity contribution in [2.24, 2.45) is 11.7 Å². The molecule has 2 aromatic rings. The number of halogens is 4. The standard InChI is InChI=1S/C15H19ClF3N3/c1-4-9(5-2)12(20)13-8(3)21-14-11(16)6-10(7-22(13)14)15(17,18)19/h6-7,9,12H,4-5,20H2,1-3H3. The number of aryl methyl sites for hydroxylation is 1. The fourth-order valence-corrected chi connectivity index (χ4v) is 3.06. The van der Waals surface area contributed by atoms with E-state index in [4.69, 9.17) is 17.3 Å². The van der Waals surface area contributed by atoms with Crippen LogP contribution in [-0.4, -0.2) is 9.38 Å². The Labute approximate surface area is 132 Å². The molecule has 0 spiro atoms. The molecular weight excluding hydrogens is 315 g/mol. The molecule has 0 fully saturated rings. The van der Waals surface area contributed by atoms with Gasteiger partial charge in [0, 0.05) is 6.20 Å². The first-order valence-corrected chi connectivity index (χ1v) is 7.59. The zero-order chi connectivity index (χ0) is 16.7. The van der Waals surface area contributed by atoms with Crippen molar-refractivity contribution in [3.05, 3.63) is 34.2 Å². The zero-order valence-electron chi connectivity index (χ0n) is 12.7. The molecule has 0 bridgehead atoms. The Bertz CT molecular complexity index is 675. The maximum Gasteiger partial charge on any atom is 0.417 e. The predicted octanol–water partition coefficient (Wildman–Crippen LogP) is 4.75. The number of imidazole rings is 1. The first kappa shape index (κ1) is 17.1. The molecule has 22 heavy (non-hydrogen) atoms. The van der Waals surface area contributed by atoms with Crippen molar-refractivity contribution < 1.29 is 13.2 Å². The van der Waals surface area contributed by atoms with Crippen LogP contribution in [0.4, 0.5) is 13.2 Å². The van der Waals surface area contributed by atoms with Crippen LogP contribution in [-0.2, 0) is 6.18 Å². The number of rotatable bonds is 4. The van der Waals surface area contributed by atoms with E-state index in [1.54, 1.807) is 6.92 Å². The van der Waals surface area contributed by atoms with Crippen LogP contribution in [0.2, 0.25) is 5.02 Å². The van der Waals surface area contributed by atoms with Crippen molar-refractivity contribution in [2.45, 2.75) is 45.8 Å². The van der Waals surface area contributed by atoms with Crippen LogP contribution in [0.1, 0.15) is 49.7 Å². The first-order valence-electron chi connectivity index (χ1n) is 7.21. The number of hydrogen-bond acceptors (Lipinski definition) is 2. The number of nitrogens with zero attached hydrogens (tertiary/aromatic N) is 2. The lowest BCUT2D eigenvalue weighted by Gasteiger charge is -2.22. The van der Waals surface area contributed by atoms with Crippen molar-refractivity contribution in [3.8, 4) is 0 Å². The van der Waals surface area contributed by atoms with Gasteiger partial charge in [-0.25, -0.2) is 4.98 Å². The lowest BCUT2D eigenvalue weighted by atomic mass is 9.92. The van der Waals surface area contributed by atoms with E-state index in [0.717, 1.165) is 25.1 Å². The Morgan fingerprint density at radius 3 is 2.41 bits per heavy atom. The van der Waals surface area contributed by atoms with Crippen molar-refractivity contribution in [1.29, 1.82) is 0 Å². The molecule has 0 aliphatic heterocycles. The Morgan fingerprint density at radius 1 is 1.32 bits per heavy atom. The van der Waals surface area contributed by atoms with Crippen LogP contribution in [0.5, 0.6) is 0 Å². The first-order chi connectivity index (χ1) is 10.2. The largest absolute Gasteiger partial charge is 0.417 e. The highest BCUT2D eigenvalue weighted by Crippen LogP contribution is 2.35. The number of fused-ring (bicyclic) bond motifs is 1. The number of aromatic nitrogens is 2. The molecule has 3 nitrogen and oxygen atoms in total. The van der Waals surface area contributed by atoms with E-state index in [1.807, 2.05) is 13.8 Å². The second kappa shape index (κ2) is 6.08. The smallest absolute Gasteiger partial charge is 0.322 e. The number of hydrogen-bond donors (Lipinski definition) is 1. The lowest BCUT2D eigenvalue weighted by Crippen LogP contribution is -2.23. The van der Waals surface area contributed by atoms with Gasteiger partial charge in [-0.15, -0.1) is 0 Å². The van der Waals surface area contributed by atoms with E-state index in [0.29, 0.717) is 17.0 Å². The maximum absolute atomic E-state index is 13.0. The van der Waals surface area contributed by atoms with Gasteiger partial charge in [0.2, 0.25) is 0 Å². The molecule has 0 aromatic carbocycles. The normalized spacial score (nSPS) is 14.0. The zero-order valence-corrected chi connectivity index (χ0v) is 13.5. The molecule has 2 aromatic heterocycles. The van der Waals surface area contributed by atoms with Gasteiger partial charge in [-0.3, -0.25) is 0 Å². The number of nitrogens with two attached hydrogens (primary N) is 1. The minimum absolute atomic E-state index is 0.0269. The minimum atomic E-state index is -4.47. The molecule has 7 heteroatoms. The van der Waals surface area contributed by atoms with Crippen molar-refractivity contribution in [2.75, 3.05) is 0 Å². The quantitative estimate of drug-likeness (QED) is 0.877. The summed E-state index contributed by atoms with van der Waals surface area (Å²) in [5.74, 6) is 0.173. The van der Waals surface area contributed by atoms with Crippen LogP contribution in [0, 0.1) is 12.8 Å². The molecule has 0 saturated carbocycles. The van der Waals surface area contributed by atoms with E-state index in [2.05, 4.69) is 4.98 Å². The summed E-state index contributed by atoms with van der Waals surface area (Å²) in [6.45, 7) is 5.77. The topological polar surface area (TPSA) is 43.3 Å². The van der Waals surface area contributed by atoms with Gasteiger partial charge in [-0.2, -0.15) is 13.2 Å². The average molecular weight is 334 g/mol. The third-order valence-electron chi connectivity index (χ3n) is 4.10. The van der Waals surface area contributed by atoms with E-state index in [9.17, 15) is 13.2 Å². The molecule has 0 aliphatic rings. The van der Waals surface area contributed by atoms with Gasteiger partial charge in [-0.1, -0.05) is 38.3 Å². The maximum atomic E-state index is 13.0. The molecule has 0 amide bonds. The Balaban J connectivity index is 2.69. The number of alkyl halides is 3. The second-order valence-electron chi connectivity index (χ2n) is 5.45. The summed E-state index contributed by atoms with van der Waals surface area (Å²) in [5, 5.41) is -0.0269. The van der Waals surface area contributed by atoms with E-state index in [-0.39, 0.29) is 17.0 Å². The predicted molar refractivity (Wildman–Crippen MR) is 80.9 cm³/mol. The fourth-order valence-electron chi connectivity index (χ4n) is 2.81. The Hall–Kier alpha value is -1.27. The van der Waals surface area contributed by atoms with Crippen LogP contribution >= 0.6 is 11.6 Å². The van der Waals surface area contributed by atoms with Crippen molar-refractivity contribution >= 4 is 17.2 Å². The monoisotopic (exact) mass is 333 g/mol. The van der Waals surface area contributed by atoms with Gasteiger partial charge in [0.15, 0.2) is 5.65 Å². The lowest BCUT2D eigenvalue weighted by molar-refractivity contribution is -0.137. The molecule has 0 saturated heterocycles. The van der Waals surface area contributed by atoms with Crippen LogP contribution in [0.25, 0.3) is 5.65 Å². The third-order valence-corrected chi connectivity index (χ3v) is 4.37. The Kier molecular flexibility index (Phi) is 4.73. The molecule has 2 heterocycles. The molecule has 122 valence electrons. The molecule has 2 rings (SSSR count). The van der Waals surface area contributed by atoms with Crippen molar-refractivity contribution in [1.82, 2.24) is 9.38 Å². The van der Waals surface area contributed by atoms with Gasteiger partial charge >= 0.3 is 6.18 Å². The van der Waals surface area contributed by atoms with Crippen molar-refractivity contribution in [3.63, 3.8) is 0 Å². The highest BCUT2D eigenvalue weighted by Gasteiger charge is 2.33. The molecule has 0 aliphatic carbocycles. The second-order valence-corrected chi connectivity index (χ2v) is 5.86. The highest BCUT2D eigenvalue weighted by atomic mass is 35.5. The highest BCUT2D eigenvalue weighted by molar-refractivity contribution is 6.33. The summed E-state index contributed by atoms with van der Waals surface area (Å²) in [4.78, 5) is 4.29. The summed E-state index contributed by atoms with van der Waals surface area (Å²) in [7, 11) is 0. The van der Waals surface area contributed by atoms with E-state index < -0.39 is 11.7 Å². The van der Waals surface area contributed by atoms with Gasteiger partial charge in [0.25, 0.3) is 0 Å². The summed E-state index contributed by atoms with van der Waals surface area (Å²) < 4.78 is 40.4. The summed E-state index contributed by atoms with van der Waals surface area (Å²) in [6.07, 6.45) is -1.75. The molecule has 0 radical (unpaired) electrons. The number of pyridine rings is 1. The summed E-state index contributed by atoms with van der Waals surface area (Å²) in [6, 6.07) is 0.514. The fraction of sp³-hybridized carbons (Fsp3) is 0.533. The average Bonchev–Trinajstić information content (AvgIpc) is 2.75. The minimum Gasteiger partial charge on any atom is -0.322 e. The molecule has 1 unspecified atom stereocenters. The van der Waals surface area contributed by atoms with Gasteiger partial charge < -0.3 is 10.1 Å². The summed E-state index contributed by atoms with van der Waals surface area (Å²) >= 11 is 5.98. The Morgan fingerprint density at radius 2 is 1.91 bits per heavy atom. The molecule has 1 atom stereocenters. The molecular formula is C15H19ClF3N3. The van der Waals surface area contributed by atoms with Gasteiger partial charge in [0.05, 0.1) is 28.0 Å². The van der Waals surface area contributed by atoms with Crippen LogP contribution < -0.4 is 5.73 Å².